The topological polar surface area (TPSA) is 669 Å². The van der Waals surface area contributed by atoms with Gasteiger partial charge in [0.25, 0.3) is 5.79 Å². The summed E-state index contributed by atoms with van der Waals surface area (Å²) in [5, 5.41) is 245. The molecule has 3 amide bonds. The van der Waals surface area contributed by atoms with Gasteiger partial charge in [-0.05, 0) is 0 Å². The van der Waals surface area contributed by atoms with Crippen molar-refractivity contribution >= 4 is 23.7 Å². The summed E-state index contributed by atoms with van der Waals surface area (Å²) in [7, 11) is 0. The molecule has 93 heavy (non-hydrogen) atoms. The molecule has 0 aromatic heterocycles. The van der Waals surface area contributed by atoms with Gasteiger partial charge in [0, 0.05) is 27.2 Å². The number of carbonyl (C=O) groups excluding carboxylic acids is 3. The fourth-order valence-electron chi connectivity index (χ4n) is 11.7. The van der Waals surface area contributed by atoms with Gasteiger partial charge in [-0.1, -0.05) is 0 Å². The van der Waals surface area contributed by atoms with Gasteiger partial charge in [0.2, 0.25) is 17.7 Å². The van der Waals surface area contributed by atoms with Gasteiger partial charge >= 0.3 is 5.97 Å². The van der Waals surface area contributed by atoms with E-state index in [0.717, 1.165) is 20.8 Å². The Kier molecular flexibility index (Phi) is 27.2. The van der Waals surface area contributed by atoms with Crippen LogP contribution in [-0.2, 0) is 80.8 Å². The highest BCUT2D eigenvalue weighted by Crippen LogP contribution is 2.39. The van der Waals surface area contributed by atoms with Crippen molar-refractivity contribution in [2.75, 3.05) is 46.2 Å². The molecule has 7 fully saturated rings. The number of carboxylic acids is 1. The van der Waals surface area contributed by atoms with Gasteiger partial charge in [-0.15, -0.1) is 0 Å². The van der Waals surface area contributed by atoms with Crippen molar-refractivity contribution in [2.45, 2.75) is 248 Å². The van der Waals surface area contributed by atoms with E-state index in [1.165, 1.54) is 0 Å². The maximum absolute atomic E-state index is 12.9. The molecular formula is C51H85N3O39. The number of aliphatic carboxylic acids is 1. The molecular weight excluding hydrogens is 1280 g/mol. The van der Waals surface area contributed by atoms with Crippen molar-refractivity contribution in [1.29, 1.82) is 0 Å². The molecule has 0 aliphatic carbocycles. The molecule has 0 bridgehead atoms. The molecule has 0 aromatic rings. The average molecular weight is 1360 g/mol. The molecule has 0 aromatic carbocycles. The number of carbonyl (C=O) groups is 4. The Labute approximate surface area is 525 Å². The minimum atomic E-state index is -3.02. The van der Waals surface area contributed by atoms with Crippen LogP contribution in [0, 0.1) is 0 Å². The third-order valence-corrected chi connectivity index (χ3v) is 16.7. The first-order chi connectivity index (χ1) is 43.8. The quantitative estimate of drug-likeness (QED) is 0.0404. The predicted molar refractivity (Wildman–Crippen MR) is 284 cm³/mol. The van der Waals surface area contributed by atoms with Crippen molar-refractivity contribution < 1.29 is 193 Å². The second-order valence-corrected chi connectivity index (χ2v) is 23.3. The van der Waals surface area contributed by atoms with E-state index in [2.05, 4.69) is 16.0 Å². The van der Waals surface area contributed by atoms with Crippen LogP contribution < -0.4 is 16.0 Å². The SMILES string of the molecule is CC(=O)NC1C(OCC2OC(OC3C(CO)OC(O)C(O)C3O)C(O)C(OC3OC(CO)C(O)C(OC4OC(CO)C(O)C(O)C4O)C3NC(C)=O)C2O)OC(CO)C(OC2OC(COC3(C(=O)O)CC(O)C(NC(C)=O)C(C(O)C(O)CO)O3)C(O)C(O)C2O)C1O. The Bertz CT molecular complexity index is 2410. The van der Waals surface area contributed by atoms with Crippen molar-refractivity contribution in [2.24, 2.45) is 0 Å². The van der Waals surface area contributed by atoms with Gasteiger partial charge in [0.1, 0.15) is 165 Å². The summed E-state index contributed by atoms with van der Waals surface area (Å²) >= 11 is 0. The number of hydrogen-bond donors (Lipinski definition) is 25. The third-order valence-electron chi connectivity index (χ3n) is 16.7. The highest BCUT2D eigenvalue weighted by atomic mass is 16.8. The number of amides is 3. The fourth-order valence-corrected chi connectivity index (χ4v) is 11.7. The van der Waals surface area contributed by atoms with Crippen molar-refractivity contribution in [1.82, 2.24) is 16.0 Å². The molecule has 25 N–H and O–H groups in total. The maximum atomic E-state index is 12.9. The van der Waals surface area contributed by atoms with E-state index in [4.69, 9.17) is 61.6 Å². The monoisotopic (exact) mass is 1360 g/mol. The van der Waals surface area contributed by atoms with Crippen LogP contribution in [0.4, 0.5) is 0 Å². The average Bonchev–Trinajstić information content (AvgIpc) is 0.786. The summed E-state index contributed by atoms with van der Waals surface area (Å²) in [6.07, 6.45) is -66.7. The van der Waals surface area contributed by atoms with E-state index >= 15 is 0 Å². The zero-order chi connectivity index (χ0) is 69.0. The molecule has 0 saturated carbocycles. The van der Waals surface area contributed by atoms with E-state index in [9.17, 15) is 132 Å². The van der Waals surface area contributed by atoms with Crippen LogP contribution in [0.3, 0.4) is 0 Å². The number of carboxylic acid groups (broad SMARTS) is 1. The number of hydrogen-bond acceptors (Lipinski definition) is 38. The van der Waals surface area contributed by atoms with Gasteiger partial charge in [-0.3, -0.25) is 14.4 Å². The molecule has 36 atom stereocenters. The van der Waals surface area contributed by atoms with Crippen LogP contribution in [0.5, 0.6) is 0 Å². The molecule has 0 radical (unpaired) electrons. The van der Waals surface area contributed by atoms with Gasteiger partial charge in [0.15, 0.2) is 37.7 Å². The summed E-state index contributed by atoms with van der Waals surface area (Å²) in [4.78, 5) is 50.5. The number of nitrogens with one attached hydrogen (secondary N) is 3. The molecule has 0 spiro atoms. The Morgan fingerprint density at radius 3 is 1.41 bits per heavy atom. The van der Waals surface area contributed by atoms with E-state index in [1.807, 2.05) is 0 Å². The number of aliphatic hydroxyl groups excluding tert-OH is 21. The standard InChI is InChI=1S/C51H85N3O39/c1-12(60)52-23-15(63)4-51(50(79)80,93-42(23)26(65)16(64)5-55)82-11-22-28(67)33(72)37(76)48(88-22)89-39-20(9-59)86-45(24(31(39)70)53-13(2)61)81-10-21-30(69)43(38(77)49(87-21)90-40-19(8-58)83-44(78)35(74)34(40)73)92-46-25(54-14(3)62)41(29(68)18(7-57)84-46)91-47-36(75)32(71)27(66)17(6-56)85-47/h15-49,55-59,63-78H,4-11H2,1-3H3,(H,52,60)(H,53,61)(H,54,62)(H,79,80). The molecule has 36 unspecified atom stereocenters. The van der Waals surface area contributed by atoms with Gasteiger partial charge in [-0.25, -0.2) is 4.79 Å². The zero-order valence-electron chi connectivity index (χ0n) is 49.6. The van der Waals surface area contributed by atoms with Gasteiger partial charge in [0.05, 0.1) is 58.4 Å². The van der Waals surface area contributed by atoms with E-state index in [0.29, 0.717) is 0 Å². The predicted octanol–water partition coefficient (Wildman–Crippen LogP) is -16.6. The van der Waals surface area contributed by atoms with Crippen LogP contribution in [0.1, 0.15) is 27.2 Å². The smallest absolute Gasteiger partial charge is 0.364 e. The third kappa shape index (κ3) is 17.0. The molecule has 7 aliphatic heterocycles. The highest BCUT2D eigenvalue weighted by molar-refractivity contribution is 5.77. The van der Waals surface area contributed by atoms with Crippen LogP contribution >= 0.6 is 0 Å². The van der Waals surface area contributed by atoms with Crippen molar-refractivity contribution in [3.05, 3.63) is 0 Å². The Morgan fingerprint density at radius 2 is 0.871 bits per heavy atom. The summed E-state index contributed by atoms with van der Waals surface area (Å²) in [6, 6.07) is -5.33. The fraction of sp³-hybridized carbons (Fsp3) is 0.922. The molecule has 7 rings (SSSR count). The van der Waals surface area contributed by atoms with Crippen LogP contribution in [0.25, 0.3) is 0 Å². The Balaban J connectivity index is 1.13. The van der Waals surface area contributed by atoms with Crippen LogP contribution in [0.15, 0.2) is 0 Å². The number of ether oxygens (including phenoxy) is 13. The molecule has 7 aliphatic rings. The van der Waals surface area contributed by atoms with E-state index in [1.54, 1.807) is 0 Å². The van der Waals surface area contributed by atoms with Gasteiger partial charge < -0.3 is 190 Å². The molecule has 538 valence electrons. The van der Waals surface area contributed by atoms with E-state index < -0.39 is 297 Å². The molecule has 42 nitrogen and oxygen atoms in total. The Morgan fingerprint density at radius 1 is 0.441 bits per heavy atom. The van der Waals surface area contributed by atoms with E-state index in [-0.39, 0.29) is 0 Å². The van der Waals surface area contributed by atoms with Gasteiger partial charge in [-0.2, -0.15) is 0 Å². The summed E-state index contributed by atoms with van der Waals surface area (Å²) in [5.41, 5.74) is 0. The largest absolute Gasteiger partial charge is 0.477 e. The number of aliphatic hydroxyl groups is 21. The molecule has 7 saturated heterocycles. The normalized spacial score (nSPS) is 47.2. The summed E-state index contributed by atoms with van der Waals surface area (Å²) < 4.78 is 74.8. The first-order valence-corrected chi connectivity index (χ1v) is 29.2. The lowest BCUT2D eigenvalue weighted by molar-refractivity contribution is -0.383. The zero-order valence-corrected chi connectivity index (χ0v) is 49.6. The highest BCUT2D eigenvalue weighted by Gasteiger charge is 2.60. The second kappa shape index (κ2) is 32.9. The summed E-state index contributed by atoms with van der Waals surface area (Å²) in [6.45, 7) is -4.61. The minimum Gasteiger partial charge on any atom is -0.477 e. The molecule has 7 heterocycles. The Hall–Kier alpha value is -3.48. The lowest BCUT2D eigenvalue weighted by atomic mass is 9.88. The van der Waals surface area contributed by atoms with Crippen LogP contribution in [0.2, 0.25) is 0 Å². The lowest BCUT2D eigenvalue weighted by Gasteiger charge is -2.50. The summed E-state index contributed by atoms with van der Waals surface area (Å²) in [5.74, 6) is -7.66. The molecule has 42 heteroatoms. The first kappa shape index (κ1) is 76.9. The number of rotatable bonds is 25. The van der Waals surface area contributed by atoms with Crippen LogP contribution in [-0.4, -0.2) is 403 Å². The lowest BCUT2D eigenvalue weighted by Crippen LogP contribution is -2.70. The minimum absolute atomic E-state index is 0.809. The second-order valence-electron chi connectivity index (χ2n) is 23.3. The maximum Gasteiger partial charge on any atom is 0.364 e. The first-order valence-electron chi connectivity index (χ1n) is 29.2. The van der Waals surface area contributed by atoms with Crippen molar-refractivity contribution in [3.63, 3.8) is 0 Å². The van der Waals surface area contributed by atoms with Crippen molar-refractivity contribution in [3.8, 4) is 0 Å².